The number of nitrogens with two attached hydrogens (primary N) is 1. The van der Waals surface area contributed by atoms with Crippen LogP contribution in [-0.4, -0.2) is 24.4 Å². The Hall–Kier alpha value is -2.18. The molecular formula is C14H19F2N3O2. The molecule has 5 nitrogen and oxygen atoms in total. The molecule has 0 bridgehead atoms. The van der Waals surface area contributed by atoms with E-state index in [1.54, 1.807) is 20.8 Å². The van der Waals surface area contributed by atoms with Gasteiger partial charge in [-0.05, 0) is 25.0 Å². The molecule has 1 aromatic carbocycles. The molecule has 0 saturated carbocycles. The van der Waals surface area contributed by atoms with E-state index in [0.29, 0.717) is 6.54 Å². The number of hydrogen-bond acceptors (Lipinski definition) is 3. The molecule has 0 aliphatic heterocycles. The third-order valence-electron chi connectivity index (χ3n) is 2.92. The summed E-state index contributed by atoms with van der Waals surface area (Å²) in [6.07, 6.45) is 0. The molecule has 0 aromatic heterocycles. The van der Waals surface area contributed by atoms with Crippen molar-refractivity contribution in [1.82, 2.24) is 5.32 Å². The highest BCUT2D eigenvalue weighted by molar-refractivity contribution is 5.97. The van der Waals surface area contributed by atoms with Gasteiger partial charge in [-0.25, -0.2) is 8.78 Å². The van der Waals surface area contributed by atoms with Crippen LogP contribution in [0.1, 0.15) is 31.1 Å². The largest absolute Gasteiger partial charge is 0.381 e. The Morgan fingerprint density at radius 1 is 1.24 bits per heavy atom. The van der Waals surface area contributed by atoms with Gasteiger partial charge in [0.05, 0.1) is 0 Å². The first-order valence-electron chi connectivity index (χ1n) is 6.61. The number of anilines is 1. The van der Waals surface area contributed by atoms with Crippen LogP contribution in [0.25, 0.3) is 0 Å². The zero-order valence-corrected chi connectivity index (χ0v) is 12.2. The Kier molecular flexibility index (Phi) is 5.63. The second kappa shape index (κ2) is 7.01. The van der Waals surface area contributed by atoms with Crippen molar-refractivity contribution >= 4 is 17.5 Å². The van der Waals surface area contributed by atoms with Gasteiger partial charge in [-0.15, -0.1) is 0 Å². The van der Waals surface area contributed by atoms with Crippen LogP contribution in [0.4, 0.5) is 14.5 Å². The Morgan fingerprint density at radius 2 is 1.76 bits per heavy atom. The minimum atomic E-state index is -0.905. The standard InChI is InChI=1S/C14H19F2N3O2/c1-4-18-12-9(15)5-8(6-10(12)16)14(21)19-11(7(2)3)13(17)20/h5-7,11,18H,4H2,1-3H3,(H2,17,20)(H,19,21). The molecule has 0 fully saturated rings. The molecule has 21 heavy (non-hydrogen) atoms. The highest BCUT2D eigenvalue weighted by Crippen LogP contribution is 2.20. The van der Waals surface area contributed by atoms with Crippen molar-refractivity contribution in [2.75, 3.05) is 11.9 Å². The lowest BCUT2D eigenvalue weighted by Crippen LogP contribution is -2.47. The first-order valence-corrected chi connectivity index (χ1v) is 6.61. The molecule has 1 aromatic rings. The summed E-state index contributed by atoms with van der Waals surface area (Å²) in [5, 5.41) is 4.90. The molecular weight excluding hydrogens is 280 g/mol. The molecule has 2 amide bonds. The van der Waals surface area contributed by atoms with E-state index in [9.17, 15) is 18.4 Å². The van der Waals surface area contributed by atoms with Crippen LogP contribution in [-0.2, 0) is 4.79 Å². The van der Waals surface area contributed by atoms with Gasteiger partial charge in [0.2, 0.25) is 5.91 Å². The Bertz CT molecular complexity index is 524. The SMILES string of the molecule is CCNc1c(F)cc(C(=O)NC(C(N)=O)C(C)C)cc1F. The van der Waals surface area contributed by atoms with Crippen LogP contribution in [0, 0.1) is 17.6 Å². The van der Waals surface area contributed by atoms with E-state index in [4.69, 9.17) is 5.73 Å². The molecule has 0 heterocycles. The summed E-state index contributed by atoms with van der Waals surface area (Å²) in [5.74, 6) is -3.44. The number of primary amides is 1. The average Bonchev–Trinajstić information content (AvgIpc) is 2.38. The molecule has 0 saturated heterocycles. The normalized spacial score (nSPS) is 12.1. The van der Waals surface area contributed by atoms with Crippen molar-refractivity contribution in [3.63, 3.8) is 0 Å². The lowest BCUT2D eigenvalue weighted by atomic mass is 10.0. The fourth-order valence-corrected chi connectivity index (χ4v) is 1.84. The number of rotatable bonds is 6. The van der Waals surface area contributed by atoms with Crippen LogP contribution in [0.15, 0.2) is 12.1 Å². The van der Waals surface area contributed by atoms with Crippen LogP contribution in [0.3, 0.4) is 0 Å². The first-order chi connectivity index (χ1) is 9.77. The van der Waals surface area contributed by atoms with Crippen molar-refractivity contribution in [3.8, 4) is 0 Å². The molecule has 1 atom stereocenters. The highest BCUT2D eigenvalue weighted by atomic mass is 19.1. The number of benzene rings is 1. The predicted molar refractivity (Wildman–Crippen MR) is 75.8 cm³/mol. The van der Waals surface area contributed by atoms with Gasteiger partial charge in [-0.1, -0.05) is 13.8 Å². The predicted octanol–water partition coefficient (Wildman–Crippen LogP) is 1.64. The van der Waals surface area contributed by atoms with Crippen LogP contribution < -0.4 is 16.4 Å². The lowest BCUT2D eigenvalue weighted by molar-refractivity contribution is -0.120. The number of nitrogens with one attached hydrogen (secondary N) is 2. The van der Waals surface area contributed by atoms with Crippen LogP contribution in [0.2, 0.25) is 0 Å². The number of amides is 2. The molecule has 0 aliphatic rings. The summed E-state index contributed by atoms with van der Waals surface area (Å²) in [6, 6.07) is 0.917. The number of halogens is 2. The third kappa shape index (κ3) is 4.14. The summed E-state index contributed by atoms with van der Waals surface area (Å²) < 4.78 is 27.5. The van der Waals surface area contributed by atoms with Gasteiger partial charge in [0, 0.05) is 12.1 Å². The zero-order chi connectivity index (χ0) is 16.2. The van der Waals surface area contributed by atoms with E-state index in [0.717, 1.165) is 12.1 Å². The molecule has 4 N–H and O–H groups in total. The average molecular weight is 299 g/mol. The van der Waals surface area contributed by atoms with Gasteiger partial charge in [0.25, 0.3) is 5.91 Å². The lowest BCUT2D eigenvalue weighted by Gasteiger charge is -2.19. The summed E-state index contributed by atoms with van der Waals surface area (Å²) >= 11 is 0. The van der Waals surface area contributed by atoms with Crippen molar-refractivity contribution in [3.05, 3.63) is 29.3 Å². The fraction of sp³-hybridized carbons (Fsp3) is 0.429. The van der Waals surface area contributed by atoms with Gasteiger partial charge >= 0.3 is 0 Å². The van der Waals surface area contributed by atoms with Crippen LogP contribution in [0.5, 0.6) is 0 Å². The van der Waals surface area contributed by atoms with Crippen molar-refractivity contribution in [2.24, 2.45) is 11.7 Å². The van der Waals surface area contributed by atoms with Crippen molar-refractivity contribution in [2.45, 2.75) is 26.8 Å². The molecule has 0 radical (unpaired) electrons. The number of carbonyl (C=O) groups excluding carboxylic acids is 2. The van der Waals surface area contributed by atoms with Crippen molar-refractivity contribution in [1.29, 1.82) is 0 Å². The molecule has 0 aliphatic carbocycles. The maximum atomic E-state index is 13.7. The summed E-state index contributed by atoms with van der Waals surface area (Å²) in [5.41, 5.74) is 4.68. The zero-order valence-electron chi connectivity index (χ0n) is 12.2. The Morgan fingerprint density at radius 3 is 2.14 bits per heavy atom. The molecule has 1 unspecified atom stereocenters. The van der Waals surface area contributed by atoms with Gasteiger partial charge in [0.1, 0.15) is 23.4 Å². The molecule has 0 spiro atoms. The number of carbonyl (C=O) groups is 2. The minimum Gasteiger partial charge on any atom is -0.381 e. The molecule has 7 heteroatoms. The number of hydrogen-bond donors (Lipinski definition) is 3. The van der Waals surface area contributed by atoms with Gasteiger partial charge < -0.3 is 16.4 Å². The van der Waals surface area contributed by atoms with Gasteiger partial charge in [-0.2, -0.15) is 0 Å². The van der Waals surface area contributed by atoms with E-state index in [2.05, 4.69) is 10.6 Å². The Balaban J connectivity index is 3.01. The maximum Gasteiger partial charge on any atom is 0.252 e. The van der Waals surface area contributed by atoms with E-state index in [1.165, 1.54) is 0 Å². The monoisotopic (exact) mass is 299 g/mol. The quantitative estimate of drug-likeness (QED) is 0.746. The highest BCUT2D eigenvalue weighted by Gasteiger charge is 2.23. The van der Waals surface area contributed by atoms with Gasteiger partial charge in [0.15, 0.2) is 0 Å². The van der Waals surface area contributed by atoms with Crippen LogP contribution >= 0.6 is 0 Å². The fourth-order valence-electron chi connectivity index (χ4n) is 1.84. The second-order valence-corrected chi connectivity index (χ2v) is 4.94. The smallest absolute Gasteiger partial charge is 0.252 e. The molecule has 116 valence electrons. The van der Waals surface area contributed by atoms with E-state index in [-0.39, 0.29) is 17.2 Å². The first kappa shape index (κ1) is 16.9. The van der Waals surface area contributed by atoms with E-state index >= 15 is 0 Å². The summed E-state index contributed by atoms with van der Waals surface area (Å²) in [7, 11) is 0. The van der Waals surface area contributed by atoms with E-state index < -0.39 is 29.5 Å². The maximum absolute atomic E-state index is 13.7. The summed E-state index contributed by atoms with van der Waals surface area (Å²) in [6.45, 7) is 5.44. The van der Waals surface area contributed by atoms with Crippen molar-refractivity contribution < 1.29 is 18.4 Å². The topological polar surface area (TPSA) is 84.2 Å². The molecule has 1 rings (SSSR count). The third-order valence-corrected chi connectivity index (χ3v) is 2.92. The minimum absolute atomic E-state index is 0.210. The summed E-state index contributed by atoms with van der Waals surface area (Å²) in [4.78, 5) is 23.2. The second-order valence-electron chi connectivity index (χ2n) is 4.94. The van der Waals surface area contributed by atoms with E-state index in [1.807, 2.05) is 0 Å². The van der Waals surface area contributed by atoms with Gasteiger partial charge in [-0.3, -0.25) is 9.59 Å². The Labute approximate surface area is 121 Å².